The van der Waals surface area contributed by atoms with Gasteiger partial charge in [-0.2, -0.15) is 0 Å². The summed E-state index contributed by atoms with van der Waals surface area (Å²) in [7, 11) is 3.23. The van der Waals surface area contributed by atoms with Gasteiger partial charge >= 0.3 is 0 Å². The van der Waals surface area contributed by atoms with E-state index in [1.807, 2.05) is 13.8 Å². The summed E-state index contributed by atoms with van der Waals surface area (Å²) in [5.41, 5.74) is -0.0588. The van der Waals surface area contributed by atoms with E-state index in [-0.39, 0.29) is 18.0 Å². The summed E-state index contributed by atoms with van der Waals surface area (Å²) in [6.45, 7) is 4.03. The van der Waals surface area contributed by atoms with Crippen LogP contribution in [0.5, 0.6) is 0 Å². The van der Waals surface area contributed by atoms with E-state index in [0.29, 0.717) is 0 Å². The molecule has 0 saturated carbocycles. The number of methoxy groups -OCH3 is 2. The zero-order chi connectivity index (χ0) is 7.78. The number of hydrogen-bond acceptors (Lipinski definition) is 3. The Labute approximate surface area is 61.3 Å². The van der Waals surface area contributed by atoms with Crippen LogP contribution in [0.4, 0.5) is 0 Å². The number of ether oxygens (including phenoxy) is 3. The fourth-order valence-corrected chi connectivity index (χ4v) is 1.02. The Morgan fingerprint density at radius 1 is 1.30 bits per heavy atom. The Hall–Kier alpha value is -0.120. The first-order valence-electron chi connectivity index (χ1n) is 3.35. The molecule has 0 aromatic carbocycles. The highest BCUT2D eigenvalue weighted by atomic mass is 16.7. The zero-order valence-electron chi connectivity index (χ0n) is 6.88. The summed E-state index contributed by atoms with van der Waals surface area (Å²) in [5, 5.41) is 0. The van der Waals surface area contributed by atoms with Gasteiger partial charge in [-0.25, -0.2) is 0 Å². The minimum absolute atomic E-state index is 0.0588. The minimum Gasteiger partial charge on any atom is -0.361 e. The highest BCUT2D eigenvalue weighted by Crippen LogP contribution is 2.38. The van der Waals surface area contributed by atoms with E-state index in [1.54, 1.807) is 14.2 Å². The van der Waals surface area contributed by atoms with Gasteiger partial charge < -0.3 is 14.2 Å². The molecule has 1 aliphatic heterocycles. The third kappa shape index (κ3) is 1.31. The molecule has 0 spiro atoms. The molecule has 10 heavy (non-hydrogen) atoms. The topological polar surface area (TPSA) is 31.0 Å². The normalized spacial score (nSPS) is 29.1. The van der Waals surface area contributed by atoms with E-state index in [0.717, 1.165) is 0 Å². The van der Waals surface area contributed by atoms with E-state index >= 15 is 0 Å². The molecule has 3 heteroatoms. The first-order valence-corrected chi connectivity index (χ1v) is 3.35. The van der Waals surface area contributed by atoms with Gasteiger partial charge in [-0.1, -0.05) is 0 Å². The molecule has 0 amide bonds. The molecule has 1 unspecified atom stereocenters. The summed E-state index contributed by atoms with van der Waals surface area (Å²) < 4.78 is 15.3. The summed E-state index contributed by atoms with van der Waals surface area (Å²) in [5.74, 6) is 0. The van der Waals surface area contributed by atoms with E-state index in [1.165, 1.54) is 0 Å². The highest BCUT2D eigenvalue weighted by molar-refractivity contribution is 4.96. The first kappa shape index (κ1) is 7.98. The maximum absolute atomic E-state index is 5.30. The van der Waals surface area contributed by atoms with Gasteiger partial charge in [-0.3, -0.25) is 0 Å². The first-order chi connectivity index (χ1) is 4.61. The molecule has 0 N–H and O–H groups in total. The van der Waals surface area contributed by atoms with Crippen LogP contribution in [0.2, 0.25) is 0 Å². The second-order valence-corrected chi connectivity index (χ2v) is 2.98. The quantitative estimate of drug-likeness (QED) is 0.435. The molecule has 60 valence electrons. The van der Waals surface area contributed by atoms with Crippen LogP contribution in [0.3, 0.4) is 0 Å². The molecule has 1 aliphatic rings. The van der Waals surface area contributed by atoms with Gasteiger partial charge in [0.15, 0.2) is 6.29 Å². The van der Waals surface area contributed by atoms with E-state index in [2.05, 4.69) is 0 Å². The van der Waals surface area contributed by atoms with Crippen LogP contribution in [0.1, 0.15) is 13.8 Å². The average Bonchev–Trinajstić information content (AvgIpc) is 2.44. The molecule has 0 bridgehead atoms. The number of epoxide rings is 1. The lowest BCUT2D eigenvalue weighted by Gasteiger charge is -2.10. The van der Waals surface area contributed by atoms with Gasteiger partial charge in [0.05, 0.1) is 5.60 Å². The van der Waals surface area contributed by atoms with Gasteiger partial charge in [0.1, 0.15) is 6.10 Å². The standard InChI is InChI=1S/C7H14O3/c1-7(2)5(10-7)6(8-3)9-4/h5-6H,1-4H3. The smallest absolute Gasteiger partial charge is 0.185 e. The predicted octanol–water partition coefficient (Wildman–Crippen LogP) is 0.783. The van der Waals surface area contributed by atoms with E-state index in [9.17, 15) is 0 Å². The maximum atomic E-state index is 5.30. The van der Waals surface area contributed by atoms with Crippen molar-refractivity contribution < 1.29 is 14.2 Å². The fraction of sp³-hybridized carbons (Fsp3) is 1.00. The lowest BCUT2D eigenvalue weighted by atomic mass is 10.1. The molecular formula is C7H14O3. The Kier molecular flexibility index (Phi) is 1.99. The Morgan fingerprint density at radius 2 is 1.70 bits per heavy atom. The minimum atomic E-state index is -0.213. The van der Waals surface area contributed by atoms with Crippen LogP contribution in [0, 0.1) is 0 Å². The Balaban J connectivity index is 2.36. The van der Waals surface area contributed by atoms with Crippen molar-refractivity contribution in [2.24, 2.45) is 0 Å². The SMILES string of the molecule is COC(OC)C1OC1(C)C. The van der Waals surface area contributed by atoms with Gasteiger partial charge in [-0.15, -0.1) is 0 Å². The van der Waals surface area contributed by atoms with Crippen molar-refractivity contribution in [3.8, 4) is 0 Å². The second-order valence-electron chi connectivity index (χ2n) is 2.98. The second kappa shape index (κ2) is 2.49. The number of hydrogen-bond donors (Lipinski definition) is 0. The molecule has 1 fully saturated rings. The van der Waals surface area contributed by atoms with Crippen molar-refractivity contribution in [2.75, 3.05) is 14.2 Å². The van der Waals surface area contributed by atoms with Crippen molar-refractivity contribution in [3.05, 3.63) is 0 Å². The lowest BCUT2D eigenvalue weighted by Crippen LogP contribution is -2.24. The van der Waals surface area contributed by atoms with Crippen LogP contribution >= 0.6 is 0 Å². The highest BCUT2D eigenvalue weighted by Gasteiger charge is 2.53. The van der Waals surface area contributed by atoms with E-state index < -0.39 is 0 Å². The largest absolute Gasteiger partial charge is 0.361 e. The van der Waals surface area contributed by atoms with Gasteiger partial charge in [0.2, 0.25) is 0 Å². The van der Waals surface area contributed by atoms with Crippen molar-refractivity contribution in [3.63, 3.8) is 0 Å². The molecule has 1 atom stereocenters. The Morgan fingerprint density at radius 3 is 1.80 bits per heavy atom. The molecule has 1 heterocycles. The third-order valence-electron chi connectivity index (χ3n) is 1.77. The van der Waals surface area contributed by atoms with Crippen molar-refractivity contribution in [1.82, 2.24) is 0 Å². The summed E-state index contributed by atoms with van der Waals surface area (Å²) in [6, 6.07) is 0. The molecule has 1 rings (SSSR count). The molecule has 0 aromatic heterocycles. The maximum Gasteiger partial charge on any atom is 0.185 e. The van der Waals surface area contributed by atoms with E-state index in [4.69, 9.17) is 14.2 Å². The van der Waals surface area contributed by atoms with Gasteiger partial charge in [0, 0.05) is 14.2 Å². The van der Waals surface area contributed by atoms with Crippen molar-refractivity contribution in [2.45, 2.75) is 31.8 Å². The van der Waals surface area contributed by atoms with Crippen LogP contribution in [-0.2, 0) is 14.2 Å². The monoisotopic (exact) mass is 146 g/mol. The van der Waals surface area contributed by atoms with Crippen LogP contribution < -0.4 is 0 Å². The summed E-state index contributed by atoms with van der Waals surface area (Å²) >= 11 is 0. The summed E-state index contributed by atoms with van der Waals surface area (Å²) in [4.78, 5) is 0. The fourth-order valence-electron chi connectivity index (χ4n) is 1.02. The number of rotatable bonds is 3. The molecular weight excluding hydrogens is 132 g/mol. The Bertz CT molecular complexity index is 118. The van der Waals surface area contributed by atoms with Crippen molar-refractivity contribution >= 4 is 0 Å². The molecule has 0 aromatic rings. The van der Waals surface area contributed by atoms with Crippen molar-refractivity contribution in [1.29, 1.82) is 0 Å². The molecule has 0 aliphatic carbocycles. The predicted molar refractivity (Wildman–Crippen MR) is 36.8 cm³/mol. The van der Waals surface area contributed by atoms with Crippen LogP contribution in [0.15, 0.2) is 0 Å². The average molecular weight is 146 g/mol. The molecule has 3 nitrogen and oxygen atoms in total. The van der Waals surface area contributed by atoms with Crippen LogP contribution in [-0.4, -0.2) is 32.2 Å². The molecule has 0 radical (unpaired) electrons. The van der Waals surface area contributed by atoms with Crippen LogP contribution in [0.25, 0.3) is 0 Å². The van der Waals surface area contributed by atoms with Gasteiger partial charge in [-0.05, 0) is 13.8 Å². The zero-order valence-corrected chi connectivity index (χ0v) is 6.88. The summed E-state index contributed by atoms with van der Waals surface area (Å²) in [6.07, 6.45) is -0.113. The molecule has 1 saturated heterocycles. The lowest BCUT2D eigenvalue weighted by molar-refractivity contribution is -0.115. The van der Waals surface area contributed by atoms with Gasteiger partial charge in [0.25, 0.3) is 0 Å². The third-order valence-corrected chi connectivity index (χ3v) is 1.77.